The van der Waals surface area contributed by atoms with Crippen LogP contribution in [-0.2, 0) is 0 Å². The Hall–Kier alpha value is -0.820. The second-order valence-electron chi connectivity index (χ2n) is 8.02. The lowest BCUT2D eigenvalue weighted by atomic mass is 9.83. The SMILES string of the molecule is Cc1ccc(C(NC(C)C2CC3CCC2C3)C2CC2)cc1. The van der Waals surface area contributed by atoms with Gasteiger partial charge in [-0.15, -0.1) is 0 Å². The Balaban J connectivity index is 1.46. The third kappa shape index (κ3) is 2.77. The van der Waals surface area contributed by atoms with E-state index in [1.807, 2.05) is 0 Å². The number of fused-ring (bicyclic) bond motifs is 2. The van der Waals surface area contributed by atoms with Gasteiger partial charge in [0, 0.05) is 12.1 Å². The molecule has 0 aliphatic heterocycles. The van der Waals surface area contributed by atoms with Crippen molar-refractivity contribution in [1.82, 2.24) is 5.32 Å². The highest BCUT2D eigenvalue weighted by molar-refractivity contribution is 5.25. The van der Waals surface area contributed by atoms with Crippen LogP contribution in [0.4, 0.5) is 0 Å². The molecule has 1 heteroatoms. The van der Waals surface area contributed by atoms with Crippen LogP contribution < -0.4 is 5.32 Å². The van der Waals surface area contributed by atoms with Crippen LogP contribution in [0, 0.1) is 30.6 Å². The normalized spacial score (nSPS) is 34.1. The van der Waals surface area contributed by atoms with Gasteiger partial charge in [0.05, 0.1) is 0 Å². The highest BCUT2D eigenvalue weighted by atomic mass is 15.0. The van der Waals surface area contributed by atoms with Crippen LogP contribution in [0.3, 0.4) is 0 Å². The quantitative estimate of drug-likeness (QED) is 0.813. The smallest absolute Gasteiger partial charge is 0.0351 e. The van der Waals surface area contributed by atoms with Gasteiger partial charge in [-0.3, -0.25) is 0 Å². The summed E-state index contributed by atoms with van der Waals surface area (Å²) in [5.74, 6) is 3.91. The van der Waals surface area contributed by atoms with Gasteiger partial charge < -0.3 is 5.32 Å². The molecule has 1 aromatic rings. The Bertz CT molecular complexity index is 487. The fraction of sp³-hybridized carbons (Fsp3) is 0.700. The molecular weight excluding hydrogens is 254 g/mol. The molecule has 1 N–H and O–H groups in total. The minimum atomic E-state index is 0.597. The molecule has 2 bridgehead atoms. The highest BCUT2D eigenvalue weighted by Crippen LogP contribution is 2.50. The molecule has 3 fully saturated rings. The summed E-state index contributed by atoms with van der Waals surface area (Å²) in [5, 5.41) is 4.04. The van der Waals surface area contributed by atoms with Crippen molar-refractivity contribution in [2.75, 3.05) is 0 Å². The third-order valence-corrected chi connectivity index (χ3v) is 6.41. The van der Waals surface area contributed by atoms with E-state index in [1.54, 1.807) is 0 Å². The number of aryl methyl sites for hydroxylation is 1. The lowest BCUT2D eigenvalue weighted by Gasteiger charge is -2.32. The standard InChI is InChI=1S/C20H29N/c1-13-3-6-16(7-4-13)20(17-9-10-17)21-14(2)19-12-15-5-8-18(19)11-15/h3-4,6-7,14-15,17-21H,5,8-12H2,1-2H3. The predicted molar refractivity (Wildman–Crippen MR) is 88.2 cm³/mol. The van der Waals surface area contributed by atoms with Crippen molar-refractivity contribution >= 4 is 0 Å². The minimum Gasteiger partial charge on any atom is -0.307 e. The average molecular weight is 283 g/mol. The predicted octanol–water partition coefficient (Wildman–Crippen LogP) is 4.86. The van der Waals surface area contributed by atoms with Crippen molar-refractivity contribution in [1.29, 1.82) is 0 Å². The monoisotopic (exact) mass is 283 g/mol. The molecule has 0 saturated heterocycles. The van der Waals surface area contributed by atoms with Gasteiger partial charge in [-0.05, 0) is 75.2 Å². The Morgan fingerprint density at radius 3 is 2.33 bits per heavy atom. The van der Waals surface area contributed by atoms with Gasteiger partial charge in [-0.25, -0.2) is 0 Å². The summed E-state index contributed by atoms with van der Waals surface area (Å²) < 4.78 is 0. The molecule has 1 aromatic carbocycles. The Morgan fingerprint density at radius 2 is 1.76 bits per heavy atom. The van der Waals surface area contributed by atoms with Crippen molar-refractivity contribution in [3.05, 3.63) is 35.4 Å². The molecule has 21 heavy (non-hydrogen) atoms. The molecular formula is C20H29N. The first-order valence-corrected chi connectivity index (χ1v) is 9.03. The van der Waals surface area contributed by atoms with Gasteiger partial charge in [0.2, 0.25) is 0 Å². The maximum absolute atomic E-state index is 4.04. The van der Waals surface area contributed by atoms with Gasteiger partial charge in [0.25, 0.3) is 0 Å². The second-order valence-corrected chi connectivity index (χ2v) is 8.02. The first kappa shape index (κ1) is 13.8. The van der Waals surface area contributed by atoms with Crippen molar-refractivity contribution in [3.63, 3.8) is 0 Å². The number of hydrogen-bond acceptors (Lipinski definition) is 1. The van der Waals surface area contributed by atoms with Crippen molar-refractivity contribution in [2.45, 2.75) is 64.5 Å². The van der Waals surface area contributed by atoms with E-state index in [2.05, 4.69) is 43.4 Å². The summed E-state index contributed by atoms with van der Waals surface area (Å²) in [6.07, 6.45) is 8.85. The van der Waals surface area contributed by atoms with E-state index in [-0.39, 0.29) is 0 Å². The van der Waals surface area contributed by atoms with Crippen LogP contribution in [0.5, 0.6) is 0 Å². The maximum atomic E-state index is 4.04. The highest BCUT2D eigenvalue weighted by Gasteiger charge is 2.43. The molecule has 0 spiro atoms. The van der Waals surface area contributed by atoms with E-state index in [1.165, 1.54) is 49.7 Å². The second kappa shape index (κ2) is 5.43. The van der Waals surface area contributed by atoms with Crippen LogP contribution in [-0.4, -0.2) is 6.04 Å². The fourth-order valence-electron chi connectivity index (χ4n) is 5.02. The number of rotatable bonds is 5. The molecule has 4 rings (SSSR count). The molecule has 3 aliphatic carbocycles. The van der Waals surface area contributed by atoms with Crippen molar-refractivity contribution in [3.8, 4) is 0 Å². The lowest BCUT2D eigenvalue weighted by molar-refractivity contribution is 0.239. The zero-order chi connectivity index (χ0) is 14.4. The molecule has 1 nitrogen and oxygen atoms in total. The van der Waals surface area contributed by atoms with E-state index in [9.17, 15) is 0 Å². The number of benzene rings is 1. The number of hydrogen-bond donors (Lipinski definition) is 1. The largest absolute Gasteiger partial charge is 0.307 e. The van der Waals surface area contributed by atoms with Crippen LogP contribution in [0.15, 0.2) is 24.3 Å². The first-order chi connectivity index (χ1) is 10.2. The first-order valence-electron chi connectivity index (χ1n) is 9.03. The minimum absolute atomic E-state index is 0.597. The van der Waals surface area contributed by atoms with Gasteiger partial charge >= 0.3 is 0 Å². The molecule has 5 unspecified atom stereocenters. The summed E-state index contributed by atoms with van der Waals surface area (Å²) >= 11 is 0. The summed E-state index contributed by atoms with van der Waals surface area (Å²) in [5.41, 5.74) is 2.88. The third-order valence-electron chi connectivity index (χ3n) is 6.41. The van der Waals surface area contributed by atoms with Crippen LogP contribution in [0.2, 0.25) is 0 Å². The van der Waals surface area contributed by atoms with Gasteiger partial charge in [-0.1, -0.05) is 36.2 Å². The van der Waals surface area contributed by atoms with Gasteiger partial charge in [0.15, 0.2) is 0 Å². The van der Waals surface area contributed by atoms with E-state index in [0.717, 1.165) is 23.7 Å². The zero-order valence-corrected chi connectivity index (χ0v) is 13.5. The van der Waals surface area contributed by atoms with Crippen LogP contribution >= 0.6 is 0 Å². The molecule has 0 radical (unpaired) electrons. The Kier molecular flexibility index (Phi) is 3.57. The van der Waals surface area contributed by atoms with Crippen LogP contribution in [0.1, 0.15) is 62.6 Å². The zero-order valence-electron chi connectivity index (χ0n) is 13.5. The van der Waals surface area contributed by atoms with Crippen molar-refractivity contribution in [2.24, 2.45) is 23.7 Å². The van der Waals surface area contributed by atoms with Crippen molar-refractivity contribution < 1.29 is 0 Å². The van der Waals surface area contributed by atoms with E-state index in [0.29, 0.717) is 12.1 Å². The molecule has 5 atom stereocenters. The fourth-order valence-corrected chi connectivity index (χ4v) is 5.02. The summed E-state index contributed by atoms with van der Waals surface area (Å²) in [7, 11) is 0. The Labute approximate surface area is 129 Å². The molecule has 0 amide bonds. The number of nitrogens with one attached hydrogen (secondary N) is 1. The van der Waals surface area contributed by atoms with E-state index >= 15 is 0 Å². The Morgan fingerprint density at radius 1 is 1.00 bits per heavy atom. The van der Waals surface area contributed by atoms with E-state index in [4.69, 9.17) is 0 Å². The molecule has 3 saturated carbocycles. The lowest BCUT2D eigenvalue weighted by Crippen LogP contribution is -2.39. The molecule has 114 valence electrons. The topological polar surface area (TPSA) is 12.0 Å². The summed E-state index contributed by atoms with van der Waals surface area (Å²) in [4.78, 5) is 0. The molecule has 0 heterocycles. The molecule has 3 aliphatic rings. The summed E-state index contributed by atoms with van der Waals surface area (Å²) in [6, 6.07) is 10.5. The maximum Gasteiger partial charge on any atom is 0.0351 e. The average Bonchev–Trinajstić information content (AvgIpc) is 3.11. The van der Waals surface area contributed by atoms with E-state index < -0.39 is 0 Å². The van der Waals surface area contributed by atoms with Gasteiger partial charge in [-0.2, -0.15) is 0 Å². The summed E-state index contributed by atoms with van der Waals surface area (Å²) in [6.45, 7) is 4.64. The van der Waals surface area contributed by atoms with Gasteiger partial charge in [0.1, 0.15) is 0 Å². The van der Waals surface area contributed by atoms with Crippen LogP contribution in [0.25, 0.3) is 0 Å². The molecule has 0 aromatic heterocycles.